The molecule has 15 heavy (non-hydrogen) atoms. The number of furan rings is 1. The summed E-state index contributed by atoms with van der Waals surface area (Å²) >= 11 is 0. The first-order valence-electron chi connectivity index (χ1n) is 4.20. The predicted molar refractivity (Wildman–Crippen MR) is 48.5 cm³/mol. The molecule has 0 radical (unpaired) electrons. The molecule has 0 aliphatic heterocycles. The summed E-state index contributed by atoms with van der Waals surface area (Å²) < 4.78 is 30.5. The summed E-state index contributed by atoms with van der Waals surface area (Å²) in [6.07, 6.45) is 2.53. The Morgan fingerprint density at radius 2 is 2.00 bits per heavy atom. The molecule has 0 N–H and O–H groups in total. The van der Waals surface area contributed by atoms with Crippen LogP contribution in [0.25, 0.3) is 0 Å². The lowest BCUT2D eigenvalue weighted by Gasteiger charge is -1.99. The number of hydrogen-bond donors (Lipinski definition) is 0. The summed E-state index contributed by atoms with van der Waals surface area (Å²) in [5.74, 6) is -2.11. The van der Waals surface area contributed by atoms with Crippen LogP contribution in [0.4, 0.5) is 8.78 Å². The SMILES string of the molecule is O=C(c1ccoc1)c1ccc(F)cc1F. The van der Waals surface area contributed by atoms with Crippen LogP contribution in [0.1, 0.15) is 15.9 Å². The van der Waals surface area contributed by atoms with Crippen LogP contribution in [-0.4, -0.2) is 5.78 Å². The van der Waals surface area contributed by atoms with Crippen LogP contribution in [0.2, 0.25) is 0 Å². The zero-order valence-electron chi connectivity index (χ0n) is 7.54. The average molecular weight is 208 g/mol. The van der Waals surface area contributed by atoms with Crippen LogP contribution in [0, 0.1) is 11.6 Å². The molecule has 2 aromatic rings. The van der Waals surface area contributed by atoms with E-state index in [0.717, 1.165) is 12.1 Å². The zero-order valence-corrected chi connectivity index (χ0v) is 7.54. The molecule has 2 rings (SSSR count). The third kappa shape index (κ3) is 1.79. The molecule has 0 aliphatic carbocycles. The number of benzene rings is 1. The number of hydrogen-bond acceptors (Lipinski definition) is 2. The third-order valence-corrected chi connectivity index (χ3v) is 1.96. The van der Waals surface area contributed by atoms with Crippen LogP contribution in [0.15, 0.2) is 41.2 Å². The van der Waals surface area contributed by atoms with E-state index in [1.165, 1.54) is 18.6 Å². The second kappa shape index (κ2) is 3.65. The zero-order chi connectivity index (χ0) is 10.8. The lowest BCUT2D eigenvalue weighted by atomic mass is 10.1. The fourth-order valence-corrected chi connectivity index (χ4v) is 1.22. The van der Waals surface area contributed by atoms with Gasteiger partial charge < -0.3 is 4.42 Å². The highest BCUT2D eigenvalue weighted by atomic mass is 19.1. The van der Waals surface area contributed by atoms with E-state index >= 15 is 0 Å². The lowest BCUT2D eigenvalue weighted by Crippen LogP contribution is -2.03. The molecule has 76 valence electrons. The maximum atomic E-state index is 13.2. The molecule has 0 aliphatic rings. The molecule has 2 nitrogen and oxygen atoms in total. The average Bonchev–Trinajstić information content (AvgIpc) is 2.69. The van der Waals surface area contributed by atoms with Crippen LogP contribution in [0.3, 0.4) is 0 Å². The van der Waals surface area contributed by atoms with Crippen molar-refractivity contribution >= 4 is 5.78 Å². The van der Waals surface area contributed by atoms with Gasteiger partial charge in [-0.25, -0.2) is 8.78 Å². The molecular formula is C11H6F2O2. The normalized spacial score (nSPS) is 10.3. The number of carbonyl (C=O) groups is 1. The maximum absolute atomic E-state index is 13.2. The van der Waals surface area contributed by atoms with Crippen molar-refractivity contribution in [1.29, 1.82) is 0 Å². The standard InChI is InChI=1S/C11H6F2O2/c12-8-1-2-9(10(13)5-8)11(14)7-3-4-15-6-7/h1-6H. The van der Waals surface area contributed by atoms with E-state index in [-0.39, 0.29) is 11.1 Å². The first-order chi connectivity index (χ1) is 7.18. The van der Waals surface area contributed by atoms with Crippen molar-refractivity contribution in [2.24, 2.45) is 0 Å². The molecule has 0 atom stereocenters. The Morgan fingerprint density at radius 3 is 2.60 bits per heavy atom. The molecular weight excluding hydrogens is 202 g/mol. The fourth-order valence-electron chi connectivity index (χ4n) is 1.22. The minimum atomic E-state index is -0.874. The van der Waals surface area contributed by atoms with Gasteiger partial charge in [0.1, 0.15) is 17.9 Å². The lowest BCUT2D eigenvalue weighted by molar-refractivity contribution is 0.103. The Labute approximate surface area is 84.1 Å². The molecule has 0 saturated heterocycles. The van der Waals surface area contributed by atoms with E-state index < -0.39 is 17.4 Å². The van der Waals surface area contributed by atoms with Gasteiger partial charge in [0.25, 0.3) is 0 Å². The van der Waals surface area contributed by atoms with Gasteiger partial charge in [0.15, 0.2) is 5.78 Å². The summed E-state index contributed by atoms with van der Waals surface area (Å²) in [6, 6.07) is 4.24. The van der Waals surface area contributed by atoms with Crippen LogP contribution < -0.4 is 0 Å². The molecule has 0 fully saturated rings. The van der Waals surface area contributed by atoms with E-state index in [0.29, 0.717) is 6.07 Å². The number of halogens is 2. The van der Waals surface area contributed by atoms with Crippen LogP contribution in [0.5, 0.6) is 0 Å². The summed E-state index contributed by atoms with van der Waals surface area (Å²) in [7, 11) is 0. The Hall–Kier alpha value is -1.97. The topological polar surface area (TPSA) is 30.2 Å². The van der Waals surface area contributed by atoms with E-state index in [9.17, 15) is 13.6 Å². The highest BCUT2D eigenvalue weighted by molar-refractivity contribution is 6.08. The highest BCUT2D eigenvalue weighted by Gasteiger charge is 2.15. The largest absolute Gasteiger partial charge is 0.472 e. The summed E-state index contributed by atoms with van der Waals surface area (Å²) in [5, 5.41) is 0. The second-order valence-corrected chi connectivity index (χ2v) is 2.97. The summed E-state index contributed by atoms with van der Waals surface area (Å²) in [4.78, 5) is 11.6. The van der Waals surface area contributed by atoms with Crippen molar-refractivity contribution in [3.05, 3.63) is 59.6 Å². The number of rotatable bonds is 2. The molecule has 1 heterocycles. The van der Waals surface area contributed by atoms with Gasteiger partial charge in [-0.15, -0.1) is 0 Å². The van der Waals surface area contributed by atoms with Gasteiger partial charge >= 0.3 is 0 Å². The van der Waals surface area contributed by atoms with Crippen molar-refractivity contribution in [3.63, 3.8) is 0 Å². The third-order valence-electron chi connectivity index (χ3n) is 1.96. The molecule has 0 bridgehead atoms. The van der Waals surface area contributed by atoms with Gasteiger partial charge in [0, 0.05) is 6.07 Å². The van der Waals surface area contributed by atoms with Gasteiger partial charge in [-0.2, -0.15) is 0 Å². The van der Waals surface area contributed by atoms with Gasteiger partial charge in [0.2, 0.25) is 0 Å². The van der Waals surface area contributed by atoms with Gasteiger partial charge in [-0.1, -0.05) is 0 Å². The minimum absolute atomic E-state index is 0.169. The van der Waals surface area contributed by atoms with E-state index in [1.807, 2.05) is 0 Å². The molecule has 0 unspecified atom stereocenters. The Morgan fingerprint density at radius 1 is 1.20 bits per heavy atom. The molecule has 0 spiro atoms. The van der Waals surface area contributed by atoms with Crippen molar-refractivity contribution in [2.75, 3.05) is 0 Å². The summed E-state index contributed by atoms with van der Waals surface area (Å²) in [6.45, 7) is 0. The van der Waals surface area contributed by atoms with Gasteiger partial charge in [0.05, 0.1) is 17.4 Å². The smallest absolute Gasteiger partial charge is 0.199 e. The van der Waals surface area contributed by atoms with Crippen LogP contribution in [-0.2, 0) is 0 Å². The maximum Gasteiger partial charge on any atom is 0.199 e. The van der Waals surface area contributed by atoms with E-state index in [2.05, 4.69) is 0 Å². The number of carbonyl (C=O) groups excluding carboxylic acids is 1. The quantitative estimate of drug-likeness (QED) is 0.710. The summed E-state index contributed by atoms with van der Waals surface area (Å²) in [5.41, 5.74) is 0.0679. The van der Waals surface area contributed by atoms with Gasteiger partial charge in [-0.05, 0) is 18.2 Å². The van der Waals surface area contributed by atoms with Crippen molar-refractivity contribution in [1.82, 2.24) is 0 Å². The monoisotopic (exact) mass is 208 g/mol. The molecule has 0 amide bonds. The Bertz CT molecular complexity index is 489. The van der Waals surface area contributed by atoms with E-state index in [4.69, 9.17) is 4.42 Å². The first-order valence-corrected chi connectivity index (χ1v) is 4.20. The highest BCUT2D eigenvalue weighted by Crippen LogP contribution is 2.14. The van der Waals surface area contributed by atoms with E-state index in [1.54, 1.807) is 0 Å². The van der Waals surface area contributed by atoms with Crippen molar-refractivity contribution in [2.45, 2.75) is 0 Å². The minimum Gasteiger partial charge on any atom is -0.472 e. The van der Waals surface area contributed by atoms with Crippen molar-refractivity contribution in [3.8, 4) is 0 Å². The molecule has 0 saturated carbocycles. The molecule has 4 heteroatoms. The fraction of sp³-hybridized carbons (Fsp3) is 0. The molecule has 1 aromatic heterocycles. The Balaban J connectivity index is 2.42. The van der Waals surface area contributed by atoms with Crippen molar-refractivity contribution < 1.29 is 18.0 Å². The number of ketones is 1. The predicted octanol–water partition coefficient (Wildman–Crippen LogP) is 2.79. The molecule has 1 aromatic carbocycles. The Kier molecular flexibility index (Phi) is 2.33. The second-order valence-electron chi connectivity index (χ2n) is 2.97. The van der Waals surface area contributed by atoms with Crippen LogP contribution >= 0.6 is 0 Å². The van der Waals surface area contributed by atoms with Gasteiger partial charge in [-0.3, -0.25) is 4.79 Å². The first kappa shape index (κ1) is 9.58.